The molecule has 0 spiro atoms. The third-order valence-electron chi connectivity index (χ3n) is 6.46. The molecule has 2 heterocycles. The number of amidine groups is 1. The number of rotatable bonds is 6. The number of nitrogens with zero attached hydrogens (tertiary/aromatic N) is 2. The van der Waals surface area contributed by atoms with E-state index < -0.39 is 0 Å². The molecule has 1 fully saturated rings. The lowest BCUT2D eigenvalue weighted by Gasteiger charge is -2.28. The van der Waals surface area contributed by atoms with Crippen molar-refractivity contribution in [3.8, 4) is 5.75 Å². The van der Waals surface area contributed by atoms with E-state index >= 15 is 0 Å². The summed E-state index contributed by atoms with van der Waals surface area (Å²) in [6.07, 6.45) is 5.47. The fraction of sp³-hybridized carbons (Fsp3) is 0.577. The number of likely N-dealkylation sites (tertiary alicyclic amines) is 1. The highest BCUT2D eigenvalue weighted by molar-refractivity contribution is 6.01. The summed E-state index contributed by atoms with van der Waals surface area (Å²) in [6, 6.07) is 3.67. The van der Waals surface area contributed by atoms with Crippen molar-refractivity contribution in [1.82, 2.24) is 14.9 Å². The highest BCUT2D eigenvalue weighted by atomic mass is 16.3. The molecule has 1 aromatic heterocycles. The number of aromatic amines is 1. The van der Waals surface area contributed by atoms with Crippen LogP contribution in [0.4, 0.5) is 0 Å². The first kappa shape index (κ1) is 24.0. The lowest BCUT2D eigenvalue weighted by atomic mass is 9.78. The van der Waals surface area contributed by atoms with Gasteiger partial charge in [0.15, 0.2) is 5.78 Å². The Morgan fingerprint density at radius 3 is 2.25 bits per heavy atom. The standard InChI is InChI=1S/C26H38N4O2/c1-8-9-16-13-30(24(27)22(16)20-12-28-15-29-20)14-21(31)17-10-18(25(2,3)4)23(32)19(11-17)26(5,6)7/h10-12,15-16,22,27,32H,8-9,13-14H2,1-7H3,(H,28,29)/t16-,22-/m0/s1. The molecule has 3 N–H and O–H groups in total. The second-order valence-electron chi connectivity index (χ2n) is 11.1. The van der Waals surface area contributed by atoms with E-state index in [0.717, 1.165) is 29.7 Å². The van der Waals surface area contributed by atoms with Crippen molar-refractivity contribution in [2.45, 2.75) is 78.1 Å². The smallest absolute Gasteiger partial charge is 0.182 e. The molecule has 6 heteroatoms. The molecule has 3 rings (SSSR count). The van der Waals surface area contributed by atoms with Crippen LogP contribution in [0.25, 0.3) is 0 Å². The number of benzene rings is 1. The van der Waals surface area contributed by atoms with E-state index in [-0.39, 0.29) is 40.7 Å². The predicted molar refractivity (Wildman–Crippen MR) is 129 cm³/mol. The zero-order chi connectivity index (χ0) is 23.8. The van der Waals surface area contributed by atoms with Crippen LogP contribution in [-0.4, -0.2) is 44.7 Å². The van der Waals surface area contributed by atoms with Gasteiger partial charge in [-0.3, -0.25) is 10.2 Å². The fourth-order valence-electron chi connectivity index (χ4n) is 4.73. The van der Waals surface area contributed by atoms with Gasteiger partial charge in [0, 0.05) is 35.1 Å². The molecule has 2 atom stereocenters. The number of aromatic hydroxyl groups is 1. The van der Waals surface area contributed by atoms with Crippen molar-refractivity contribution in [1.29, 1.82) is 5.41 Å². The van der Waals surface area contributed by atoms with E-state index in [4.69, 9.17) is 5.41 Å². The van der Waals surface area contributed by atoms with Crippen LogP contribution in [0.15, 0.2) is 24.7 Å². The summed E-state index contributed by atoms with van der Waals surface area (Å²) in [7, 11) is 0. The molecule has 0 bridgehead atoms. The van der Waals surface area contributed by atoms with Crippen LogP contribution in [-0.2, 0) is 10.8 Å². The molecule has 32 heavy (non-hydrogen) atoms. The van der Waals surface area contributed by atoms with Gasteiger partial charge in [0.05, 0.1) is 18.8 Å². The highest BCUT2D eigenvalue weighted by Crippen LogP contribution is 2.40. The number of carbonyl (C=O) groups is 1. The van der Waals surface area contributed by atoms with Crippen LogP contribution in [0, 0.1) is 11.3 Å². The number of hydrogen-bond acceptors (Lipinski definition) is 4. The summed E-state index contributed by atoms with van der Waals surface area (Å²) in [5.41, 5.74) is 2.52. The normalized spacial score (nSPS) is 19.6. The first-order chi connectivity index (χ1) is 14.8. The Hall–Kier alpha value is -2.63. The quantitative estimate of drug-likeness (QED) is 0.528. The van der Waals surface area contributed by atoms with Gasteiger partial charge in [-0.25, -0.2) is 4.98 Å². The van der Waals surface area contributed by atoms with E-state index in [1.54, 1.807) is 12.5 Å². The van der Waals surface area contributed by atoms with Gasteiger partial charge in [0.1, 0.15) is 11.6 Å². The number of aromatic nitrogens is 2. The van der Waals surface area contributed by atoms with Crippen molar-refractivity contribution in [3.63, 3.8) is 0 Å². The summed E-state index contributed by atoms with van der Waals surface area (Å²) < 4.78 is 0. The van der Waals surface area contributed by atoms with Crippen LogP contribution < -0.4 is 0 Å². The van der Waals surface area contributed by atoms with Crippen LogP contribution >= 0.6 is 0 Å². The fourth-order valence-corrected chi connectivity index (χ4v) is 4.73. The third-order valence-corrected chi connectivity index (χ3v) is 6.46. The zero-order valence-electron chi connectivity index (χ0n) is 20.5. The molecule has 0 radical (unpaired) electrons. The van der Waals surface area contributed by atoms with Gasteiger partial charge in [0.25, 0.3) is 0 Å². The van der Waals surface area contributed by atoms with Crippen molar-refractivity contribution < 1.29 is 9.90 Å². The second-order valence-corrected chi connectivity index (χ2v) is 11.1. The summed E-state index contributed by atoms with van der Waals surface area (Å²) in [5.74, 6) is 0.965. The number of carbonyl (C=O) groups excluding carboxylic acids is 1. The van der Waals surface area contributed by atoms with Gasteiger partial charge in [-0.2, -0.15) is 0 Å². The molecule has 2 aromatic rings. The van der Waals surface area contributed by atoms with E-state index in [9.17, 15) is 9.90 Å². The summed E-state index contributed by atoms with van der Waals surface area (Å²) >= 11 is 0. The van der Waals surface area contributed by atoms with Gasteiger partial charge in [-0.1, -0.05) is 54.9 Å². The van der Waals surface area contributed by atoms with Crippen molar-refractivity contribution in [3.05, 3.63) is 47.0 Å². The Kier molecular flexibility index (Phi) is 6.55. The molecule has 0 unspecified atom stereocenters. The molecule has 1 aliphatic heterocycles. The van der Waals surface area contributed by atoms with E-state index in [1.165, 1.54) is 0 Å². The highest BCUT2D eigenvalue weighted by Gasteiger charge is 2.39. The molecule has 174 valence electrons. The number of imidazole rings is 1. The molecular formula is C26H38N4O2. The SMILES string of the molecule is CCC[C@H]1CN(CC(=O)c2cc(C(C)(C)C)c(O)c(C(C)(C)C)c2)C(=N)[C@@H]1c1cnc[nH]1. The number of hydrogen-bond donors (Lipinski definition) is 3. The van der Waals surface area contributed by atoms with E-state index in [0.29, 0.717) is 17.9 Å². The Morgan fingerprint density at radius 1 is 1.19 bits per heavy atom. The van der Waals surface area contributed by atoms with Crippen molar-refractivity contribution >= 4 is 11.6 Å². The van der Waals surface area contributed by atoms with Gasteiger partial charge < -0.3 is 15.0 Å². The molecule has 0 saturated carbocycles. The molecule has 1 saturated heterocycles. The van der Waals surface area contributed by atoms with Gasteiger partial charge in [-0.15, -0.1) is 0 Å². The van der Waals surface area contributed by atoms with Gasteiger partial charge >= 0.3 is 0 Å². The van der Waals surface area contributed by atoms with Crippen LogP contribution in [0.1, 0.15) is 94.4 Å². The number of H-pyrrole nitrogens is 1. The maximum Gasteiger partial charge on any atom is 0.182 e. The largest absolute Gasteiger partial charge is 0.507 e. The minimum absolute atomic E-state index is 0.0220. The molecule has 0 aliphatic carbocycles. The third kappa shape index (κ3) is 4.74. The Morgan fingerprint density at radius 2 is 1.78 bits per heavy atom. The topological polar surface area (TPSA) is 93.1 Å². The molecule has 1 aromatic carbocycles. The van der Waals surface area contributed by atoms with Gasteiger partial charge in [0.2, 0.25) is 0 Å². The summed E-state index contributed by atoms with van der Waals surface area (Å²) in [5, 5.41) is 19.8. The van der Waals surface area contributed by atoms with Crippen LogP contribution in [0.2, 0.25) is 0 Å². The average molecular weight is 439 g/mol. The first-order valence-electron chi connectivity index (χ1n) is 11.6. The number of nitrogens with one attached hydrogen (secondary N) is 2. The average Bonchev–Trinajstić information content (AvgIpc) is 3.29. The van der Waals surface area contributed by atoms with E-state index in [2.05, 4.69) is 16.9 Å². The molecule has 6 nitrogen and oxygen atoms in total. The molecule has 1 aliphatic rings. The number of Topliss-reactive ketones (excluding diaryl/α,β-unsaturated/α-hetero) is 1. The molecule has 0 amide bonds. The van der Waals surface area contributed by atoms with Crippen molar-refractivity contribution in [2.24, 2.45) is 5.92 Å². The minimum Gasteiger partial charge on any atom is -0.507 e. The maximum atomic E-state index is 13.4. The monoisotopic (exact) mass is 438 g/mol. The second kappa shape index (κ2) is 8.72. The predicted octanol–water partition coefficient (Wildman–Crippen LogP) is 5.39. The number of ketones is 1. The van der Waals surface area contributed by atoms with Gasteiger partial charge in [-0.05, 0) is 35.3 Å². The maximum absolute atomic E-state index is 13.4. The van der Waals surface area contributed by atoms with E-state index in [1.807, 2.05) is 58.6 Å². The summed E-state index contributed by atoms with van der Waals surface area (Å²) in [6.45, 7) is 15.3. The summed E-state index contributed by atoms with van der Waals surface area (Å²) in [4.78, 5) is 22.7. The first-order valence-corrected chi connectivity index (χ1v) is 11.6. The molecular weight excluding hydrogens is 400 g/mol. The van der Waals surface area contributed by atoms with Crippen LogP contribution in [0.3, 0.4) is 0 Å². The Balaban J connectivity index is 1.92. The Labute approximate surface area is 192 Å². The Bertz CT molecular complexity index is 945. The lowest BCUT2D eigenvalue weighted by Crippen LogP contribution is -2.32. The lowest BCUT2D eigenvalue weighted by molar-refractivity contribution is 0.0963. The minimum atomic E-state index is -0.293. The zero-order valence-corrected chi connectivity index (χ0v) is 20.5. The van der Waals surface area contributed by atoms with Crippen molar-refractivity contribution in [2.75, 3.05) is 13.1 Å². The number of phenolic OH excluding ortho intramolecular Hbond substituents is 1. The number of phenols is 1. The van der Waals surface area contributed by atoms with Crippen LogP contribution in [0.5, 0.6) is 5.75 Å².